The summed E-state index contributed by atoms with van der Waals surface area (Å²) in [5, 5.41) is 3.58. The van der Waals surface area contributed by atoms with E-state index in [1.807, 2.05) is 0 Å². The van der Waals surface area contributed by atoms with E-state index in [0.717, 1.165) is 11.3 Å². The van der Waals surface area contributed by atoms with Crippen molar-refractivity contribution in [2.24, 2.45) is 11.3 Å². The molecule has 88 valence electrons. The predicted octanol–water partition coefficient (Wildman–Crippen LogP) is 3.74. The van der Waals surface area contributed by atoms with Gasteiger partial charge in [0.15, 0.2) is 0 Å². The van der Waals surface area contributed by atoms with Gasteiger partial charge in [-0.1, -0.05) is 19.8 Å². The van der Waals surface area contributed by atoms with Gasteiger partial charge in [0, 0.05) is 0 Å². The predicted molar refractivity (Wildman–Crippen MR) is 66.0 cm³/mol. The molecule has 0 radical (unpaired) electrons. The van der Waals surface area contributed by atoms with Crippen molar-refractivity contribution >= 4 is 0 Å². The summed E-state index contributed by atoms with van der Waals surface area (Å²) in [6.45, 7) is 4.74. The molecule has 0 aliphatic heterocycles. The normalized spacial score (nSPS) is 26.2. The maximum Gasteiger partial charge on any atom is -0.00205 e. The summed E-state index contributed by atoms with van der Waals surface area (Å²) in [6.07, 6.45) is 13.4. The van der Waals surface area contributed by atoms with Gasteiger partial charge < -0.3 is 5.32 Å². The summed E-state index contributed by atoms with van der Waals surface area (Å²) >= 11 is 0. The highest BCUT2D eigenvalue weighted by atomic mass is 14.9. The van der Waals surface area contributed by atoms with Gasteiger partial charge in [0.25, 0.3) is 0 Å². The van der Waals surface area contributed by atoms with Crippen LogP contribution in [-0.4, -0.2) is 13.1 Å². The van der Waals surface area contributed by atoms with Gasteiger partial charge in [-0.3, -0.25) is 0 Å². The SMILES string of the molecule is CCCNCC1CCC2(CCCC2)CC1. The summed E-state index contributed by atoms with van der Waals surface area (Å²) in [6, 6.07) is 0. The van der Waals surface area contributed by atoms with Crippen molar-refractivity contribution in [3.8, 4) is 0 Å². The van der Waals surface area contributed by atoms with E-state index in [1.165, 1.54) is 58.0 Å². The topological polar surface area (TPSA) is 12.0 Å². The minimum absolute atomic E-state index is 0.821. The molecule has 0 aromatic rings. The standard InChI is InChI=1S/C14H27N/c1-2-11-15-12-13-5-9-14(10-6-13)7-3-4-8-14/h13,15H,2-12H2,1H3. The Morgan fingerprint density at radius 1 is 1.07 bits per heavy atom. The summed E-state index contributed by atoms with van der Waals surface area (Å²) < 4.78 is 0. The molecule has 2 aliphatic carbocycles. The Labute approximate surface area is 95.0 Å². The Morgan fingerprint density at radius 3 is 2.33 bits per heavy atom. The second-order valence-electron chi connectivity index (χ2n) is 5.85. The minimum Gasteiger partial charge on any atom is -0.316 e. The molecule has 0 heterocycles. The van der Waals surface area contributed by atoms with Crippen LogP contribution in [0.15, 0.2) is 0 Å². The van der Waals surface area contributed by atoms with Gasteiger partial charge in [0.2, 0.25) is 0 Å². The molecule has 1 N–H and O–H groups in total. The van der Waals surface area contributed by atoms with Gasteiger partial charge in [0.05, 0.1) is 0 Å². The van der Waals surface area contributed by atoms with E-state index in [9.17, 15) is 0 Å². The third-order valence-electron chi connectivity index (χ3n) is 4.69. The van der Waals surface area contributed by atoms with Crippen LogP contribution in [0, 0.1) is 11.3 Å². The Hall–Kier alpha value is -0.0400. The van der Waals surface area contributed by atoms with Crippen LogP contribution in [0.3, 0.4) is 0 Å². The summed E-state index contributed by atoms with van der Waals surface area (Å²) in [5.74, 6) is 0.989. The molecule has 2 fully saturated rings. The Bertz CT molecular complexity index is 172. The van der Waals surface area contributed by atoms with Crippen molar-refractivity contribution < 1.29 is 0 Å². The van der Waals surface area contributed by atoms with Gasteiger partial charge in [0.1, 0.15) is 0 Å². The average molecular weight is 209 g/mol. The first-order valence-corrected chi connectivity index (χ1v) is 7.05. The molecule has 1 spiro atoms. The number of hydrogen-bond acceptors (Lipinski definition) is 1. The van der Waals surface area contributed by atoms with Gasteiger partial charge in [-0.15, -0.1) is 0 Å². The van der Waals surface area contributed by atoms with Crippen LogP contribution >= 0.6 is 0 Å². The molecule has 0 atom stereocenters. The van der Waals surface area contributed by atoms with Crippen LogP contribution in [0.4, 0.5) is 0 Å². The lowest BCUT2D eigenvalue weighted by Crippen LogP contribution is -2.30. The molecular formula is C14H27N. The highest BCUT2D eigenvalue weighted by Gasteiger charge is 2.37. The maximum absolute atomic E-state index is 3.58. The molecule has 2 rings (SSSR count). The van der Waals surface area contributed by atoms with Crippen LogP contribution in [0.5, 0.6) is 0 Å². The number of rotatable bonds is 4. The largest absolute Gasteiger partial charge is 0.316 e. The third kappa shape index (κ3) is 2.96. The fourth-order valence-corrected chi connectivity index (χ4v) is 3.60. The zero-order chi connectivity index (χ0) is 10.6. The molecule has 2 saturated carbocycles. The molecule has 0 bridgehead atoms. The minimum atomic E-state index is 0.821. The van der Waals surface area contributed by atoms with Gasteiger partial charge in [-0.05, 0) is 69.4 Å². The van der Waals surface area contributed by atoms with Crippen LogP contribution in [-0.2, 0) is 0 Å². The quantitative estimate of drug-likeness (QED) is 0.696. The van der Waals surface area contributed by atoms with Crippen LogP contribution in [0.2, 0.25) is 0 Å². The lowest BCUT2D eigenvalue weighted by molar-refractivity contribution is 0.154. The molecule has 0 unspecified atom stereocenters. The summed E-state index contributed by atoms with van der Waals surface area (Å²) in [4.78, 5) is 0. The van der Waals surface area contributed by atoms with Crippen molar-refractivity contribution in [3.05, 3.63) is 0 Å². The lowest BCUT2D eigenvalue weighted by Gasteiger charge is -2.37. The van der Waals surface area contributed by atoms with E-state index in [4.69, 9.17) is 0 Å². The zero-order valence-electron chi connectivity index (χ0n) is 10.4. The van der Waals surface area contributed by atoms with E-state index in [-0.39, 0.29) is 0 Å². The highest BCUT2D eigenvalue weighted by molar-refractivity contribution is 4.89. The molecule has 2 aliphatic rings. The van der Waals surface area contributed by atoms with Crippen LogP contribution in [0.25, 0.3) is 0 Å². The average Bonchev–Trinajstić information content (AvgIpc) is 2.71. The molecule has 1 heteroatoms. The van der Waals surface area contributed by atoms with E-state index in [1.54, 1.807) is 12.8 Å². The van der Waals surface area contributed by atoms with Gasteiger partial charge in [-0.25, -0.2) is 0 Å². The Balaban J connectivity index is 1.67. The van der Waals surface area contributed by atoms with Crippen LogP contribution in [0.1, 0.15) is 64.7 Å². The first-order chi connectivity index (χ1) is 7.35. The first-order valence-electron chi connectivity index (χ1n) is 7.05. The van der Waals surface area contributed by atoms with Crippen molar-refractivity contribution in [2.75, 3.05) is 13.1 Å². The fourth-order valence-electron chi connectivity index (χ4n) is 3.60. The smallest absolute Gasteiger partial charge is 0.00205 e. The van der Waals surface area contributed by atoms with Crippen molar-refractivity contribution in [3.63, 3.8) is 0 Å². The Kier molecular flexibility index (Phi) is 4.07. The highest BCUT2D eigenvalue weighted by Crippen LogP contribution is 2.49. The second kappa shape index (κ2) is 5.34. The van der Waals surface area contributed by atoms with Gasteiger partial charge in [-0.2, -0.15) is 0 Å². The van der Waals surface area contributed by atoms with E-state index in [0.29, 0.717) is 0 Å². The van der Waals surface area contributed by atoms with Crippen molar-refractivity contribution in [1.82, 2.24) is 5.32 Å². The fraction of sp³-hybridized carbons (Fsp3) is 1.00. The number of nitrogens with one attached hydrogen (secondary N) is 1. The molecule has 0 amide bonds. The summed E-state index contributed by atoms with van der Waals surface area (Å²) in [7, 11) is 0. The molecule has 15 heavy (non-hydrogen) atoms. The molecular weight excluding hydrogens is 182 g/mol. The number of hydrogen-bond donors (Lipinski definition) is 1. The molecule has 0 aromatic heterocycles. The molecule has 0 aromatic carbocycles. The molecule has 1 nitrogen and oxygen atoms in total. The lowest BCUT2D eigenvalue weighted by atomic mass is 9.69. The monoisotopic (exact) mass is 209 g/mol. The van der Waals surface area contributed by atoms with Crippen molar-refractivity contribution in [2.45, 2.75) is 64.7 Å². The van der Waals surface area contributed by atoms with E-state index in [2.05, 4.69) is 12.2 Å². The van der Waals surface area contributed by atoms with E-state index < -0.39 is 0 Å². The second-order valence-corrected chi connectivity index (χ2v) is 5.85. The first kappa shape index (κ1) is 11.4. The van der Waals surface area contributed by atoms with Crippen LogP contribution < -0.4 is 5.32 Å². The third-order valence-corrected chi connectivity index (χ3v) is 4.69. The van der Waals surface area contributed by atoms with Gasteiger partial charge >= 0.3 is 0 Å². The maximum atomic E-state index is 3.58. The summed E-state index contributed by atoms with van der Waals surface area (Å²) in [5.41, 5.74) is 0.821. The van der Waals surface area contributed by atoms with E-state index >= 15 is 0 Å². The molecule has 0 saturated heterocycles. The Morgan fingerprint density at radius 2 is 1.73 bits per heavy atom. The zero-order valence-corrected chi connectivity index (χ0v) is 10.4. The van der Waals surface area contributed by atoms with Crippen molar-refractivity contribution in [1.29, 1.82) is 0 Å².